The van der Waals surface area contributed by atoms with Gasteiger partial charge < -0.3 is 15.0 Å². The number of hydrogen-bond donors (Lipinski definition) is 1. The molecular weight excluding hydrogens is 513 g/mol. The Bertz CT molecular complexity index is 1190. The van der Waals surface area contributed by atoms with Gasteiger partial charge in [0.15, 0.2) is 0 Å². The van der Waals surface area contributed by atoms with E-state index in [0.717, 1.165) is 16.1 Å². The predicted molar refractivity (Wildman–Crippen MR) is 140 cm³/mol. The molecule has 0 saturated carbocycles. The smallest absolute Gasteiger partial charge is 0.244 e. The molecule has 35 heavy (non-hydrogen) atoms. The van der Waals surface area contributed by atoms with Gasteiger partial charge in [0.1, 0.15) is 18.3 Å². The Labute approximate surface area is 217 Å². The fraction of sp³-hybridized carbons (Fsp3) is 0.417. The standard InChI is InChI=1S/C24H31Cl2N3O5S/c1-15(2)27-24(31)17(4)28(13-18-8-9-19(25)20(26)12-18)23(30)14-29(35(6,32)33)21-11-16(3)7-10-22(21)34-5/h7-12,15,17H,13-14H2,1-6H3,(H,27,31)/t17-/m0/s1. The molecule has 2 rings (SSSR count). The van der Waals surface area contributed by atoms with Crippen LogP contribution in [0.3, 0.4) is 0 Å². The number of aryl methyl sites for hydroxylation is 1. The molecule has 2 amide bonds. The maximum absolute atomic E-state index is 13.6. The third kappa shape index (κ3) is 7.75. The Hall–Kier alpha value is -2.49. The van der Waals surface area contributed by atoms with Crippen molar-refractivity contribution in [1.82, 2.24) is 10.2 Å². The first-order valence-corrected chi connectivity index (χ1v) is 13.5. The summed E-state index contributed by atoms with van der Waals surface area (Å²) in [5, 5.41) is 3.45. The van der Waals surface area contributed by atoms with Crippen LogP contribution in [0, 0.1) is 6.92 Å². The van der Waals surface area contributed by atoms with Crippen LogP contribution in [0.2, 0.25) is 10.0 Å². The third-order valence-corrected chi connectivity index (χ3v) is 7.08. The number of nitrogens with one attached hydrogen (secondary N) is 1. The van der Waals surface area contributed by atoms with Crippen molar-refractivity contribution in [3.05, 3.63) is 57.6 Å². The van der Waals surface area contributed by atoms with E-state index in [0.29, 0.717) is 21.4 Å². The Morgan fingerprint density at radius 1 is 1.06 bits per heavy atom. The number of carbonyl (C=O) groups excluding carboxylic acids is 2. The molecule has 0 unspecified atom stereocenters. The molecule has 0 heterocycles. The minimum absolute atomic E-state index is 0.0188. The molecule has 1 N–H and O–H groups in total. The number of amides is 2. The van der Waals surface area contributed by atoms with Gasteiger partial charge in [-0.1, -0.05) is 35.3 Å². The highest BCUT2D eigenvalue weighted by Crippen LogP contribution is 2.31. The first-order chi connectivity index (χ1) is 16.2. The molecule has 8 nitrogen and oxygen atoms in total. The highest BCUT2D eigenvalue weighted by atomic mass is 35.5. The Kier molecular flexibility index (Phi) is 9.83. The number of benzene rings is 2. The molecule has 2 aromatic carbocycles. The van der Waals surface area contributed by atoms with Crippen molar-refractivity contribution in [2.75, 3.05) is 24.2 Å². The number of carbonyl (C=O) groups is 2. The number of nitrogens with zero attached hydrogens (tertiary/aromatic N) is 2. The number of rotatable bonds is 10. The molecule has 0 bridgehead atoms. The van der Waals surface area contributed by atoms with Gasteiger partial charge in [-0.25, -0.2) is 8.42 Å². The number of hydrogen-bond acceptors (Lipinski definition) is 5. The van der Waals surface area contributed by atoms with Gasteiger partial charge in [-0.2, -0.15) is 0 Å². The van der Waals surface area contributed by atoms with Gasteiger partial charge in [-0.3, -0.25) is 13.9 Å². The van der Waals surface area contributed by atoms with E-state index < -0.39 is 28.5 Å². The lowest BCUT2D eigenvalue weighted by Crippen LogP contribution is -2.52. The fourth-order valence-corrected chi connectivity index (χ4v) is 4.58. The van der Waals surface area contributed by atoms with E-state index in [1.165, 1.54) is 12.0 Å². The summed E-state index contributed by atoms with van der Waals surface area (Å²) < 4.78 is 31.8. The first-order valence-electron chi connectivity index (χ1n) is 10.9. The van der Waals surface area contributed by atoms with E-state index in [-0.39, 0.29) is 24.2 Å². The lowest BCUT2D eigenvalue weighted by molar-refractivity contribution is -0.139. The van der Waals surface area contributed by atoms with Crippen molar-refractivity contribution in [1.29, 1.82) is 0 Å². The van der Waals surface area contributed by atoms with Gasteiger partial charge in [0.25, 0.3) is 0 Å². The van der Waals surface area contributed by atoms with Crippen molar-refractivity contribution >= 4 is 50.7 Å². The Morgan fingerprint density at radius 2 is 1.71 bits per heavy atom. The van der Waals surface area contributed by atoms with Crippen LogP contribution < -0.4 is 14.4 Å². The van der Waals surface area contributed by atoms with Crippen LogP contribution >= 0.6 is 23.2 Å². The summed E-state index contributed by atoms with van der Waals surface area (Å²) in [5.41, 5.74) is 1.66. The largest absolute Gasteiger partial charge is 0.495 e. The summed E-state index contributed by atoms with van der Waals surface area (Å²) in [4.78, 5) is 27.7. The zero-order chi connectivity index (χ0) is 26.5. The van der Waals surface area contributed by atoms with Gasteiger partial charge in [0.05, 0.1) is 29.1 Å². The molecule has 0 aliphatic rings. The number of methoxy groups -OCH3 is 1. The van der Waals surface area contributed by atoms with E-state index in [9.17, 15) is 18.0 Å². The Morgan fingerprint density at radius 3 is 2.26 bits per heavy atom. The SMILES string of the molecule is COc1ccc(C)cc1N(CC(=O)N(Cc1ccc(Cl)c(Cl)c1)[C@@H](C)C(=O)NC(C)C)S(C)(=O)=O. The lowest BCUT2D eigenvalue weighted by atomic mass is 10.1. The van der Waals surface area contributed by atoms with Crippen molar-refractivity contribution < 1.29 is 22.7 Å². The van der Waals surface area contributed by atoms with E-state index in [2.05, 4.69) is 5.32 Å². The lowest BCUT2D eigenvalue weighted by Gasteiger charge is -2.32. The predicted octanol–water partition coefficient (Wildman–Crippen LogP) is 4.02. The summed E-state index contributed by atoms with van der Waals surface area (Å²) in [6.07, 6.45) is 1.01. The molecule has 0 aromatic heterocycles. The maximum Gasteiger partial charge on any atom is 0.244 e. The number of ether oxygens (including phenoxy) is 1. The molecule has 1 atom stereocenters. The van der Waals surface area contributed by atoms with E-state index >= 15 is 0 Å². The van der Waals surface area contributed by atoms with E-state index in [4.69, 9.17) is 27.9 Å². The molecule has 0 spiro atoms. The van der Waals surface area contributed by atoms with Crippen LogP contribution in [0.5, 0.6) is 5.75 Å². The topological polar surface area (TPSA) is 96.0 Å². The molecule has 0 fully saturated rings. The van der Waals surface area contributed by atoms with Gasteiger partial charge >= 0.3 is 0 Å². The van der Waals surface area contributed by atoms with Crippen molar-refractivity contribution in [3.8, 4) is 5.75 Å². The second-order valence-electron chi connectivity index (χ2n) is 8.55. The average Bonchev–Trinajstić information content (AvgIpc) is 2.76. The van der Waals surface area contributed by atoms with E-state index in [1.54, 1.807) is 50.2 Å². The van der Waals surface area contributed by atoms with Crippen LogP contribution in [-0.4, -0.2) is 57.1 Å². The number of halogens is 2. The van der Waals surface area contributed by atoms with Crippen molar-refractivity contribution in [3.63, 3.8) is 0 Å². The Balaban J connectivity index is 2.48. The molecule has 0 aliphatic heterocycles. The van der Waals surface area contributed by atoms with Crippen molar-refractivity contribution in [2.24, 2.45) is 0 Å². The normalized spacial score (nSPS) is 12.3. The highest BCUT2D eigenvalue weighted by Gasteiger charge is 2.31. The second kappa shape index (κ2) is 12.0. The first kappa shape index (κ1) is 28.7. The zero-order valence-corrected chi connectivity index (χ0v) is 23.0. The number of anilines is 1. The quantitative estimate of drug-likeness (QED) is 0.488. The monoisotopic (exact) mass is 543 g/mol. The fourth-order valence-electron chi connectivity index (χ4n) is 3.41. The second-order valence-corrected chi connectivity index (χ2v) is 11.3. The van der Waals surface area contributed by atoms with Gasteiger partial charge in [0.2, 0.25) is 21.8 Å². The molecular formula is C24H31Cl2N3O5S. The maximum atomic E-state index is 13.6. The van der Waals surface area contributed by atoms with E-state index in [1.807, 2.05) is 13.8 Å². The van der Waals surface area contributed by atoms with Crippen LogP contribution in [0.15, 0.2) is 36.4 Å². The van der Waals surface area contributed by atoms with Gasteiger partial charge in [-0.05, 0) is 63.1 Å². The summed E-state index contributed by atoms with van der Waals surface area (Å²) in [5.74, 6) is -0.639. The van der Waals surface area contributed by atoms with Crippen LogP contribution in [-0.2, 0) is 26.2 Å². The van der Waals surface area contributed by atoms with Gasteiger partial charge in [-0.15, -0.1) is 0 Å². The highest BCUT2D eigenvalue weighted by molar-refractivity contribution is 7.92. The summed E-state index contributed by atoms with van der Waals surface area (Å²) >= 11 is 12.2. The number of sulfonamides is 1. The third-order valence-electron chi connectivity index (χ3n) is 5.22. The zero-order valence-electron chi connectivity index (χ0n) is 20.6. The molecule has 192 valence electrons. The minimum Gasteiger partial charge on any atom is -0.495 e. The molecule has 2 aromatic rings. The molecule has 11 heteroatoms. The van der Waals surface area contributed by atoms with Crippen LogP contribution in [0.1, 0.15) is 31.9 Å². The molecule has 0 saturated heterocycles. The van der Waals surface area contributed by atoms with Crippen molar-refractivity contribution in [2.45, 2.75) is 46.3 Å². The average molecular weight is 545 g/mol. The summed E-state index contributed by atoms with van der Waals surface area (Å²) in [7, 11) is -2.46. The molecule has 0 radical (unpaired) electrons. The summed E-state index contributed by atoms with van der Waals surface area (Å²) in [6, 6.07) is 8.91. The van der Waals surface area contributed by atoms with Crippen LogP contribution in [0.25, 0.3) is 0 Å². The molecule has 0 aliphatic carbocycles. The van der Waals surface area contributed by atoms with Gasteiger partial charge in [0, 0.05) is 12.6 Å². The van der Waals surface area contributed by atoms with Crippen LogP contribution in [0.4, 0.5) is 5.69 Å². The summed E-state index contributed by atoms with van der Waals surface area (Å²) in [6.45, 7) is 6.51. The minimum atomic E-state index is -3.88.